The van der Waals surface area contributed by atoms with Crippen LogP contribution in [-0.4, -0.2) is 18.8 Å². The highest BCUT2D eigenvalue weighted by Gasteiger charge is 2.15. The molecule has 0 saturated carbocycles. The zero-order valence-corrected chi connectivity index (χ0v) is 12.4. The largest absolute Gasteiger partial charge is 0.496 e. The summed E-state index contributed by atoms with van der Waals surface area (Å²) in [5.41, 5.74) is 7.83. The molecule has 3 N–H and O–H groups in total. The second-order valence-corrected chi connectivity index (χ2v) is 4.84. The van der Waals surface area contributed by atoms with Gasteiger partial charge >= 0.3 is 0 Å². The normalized spacial score (nSPS) is 12.0. The molecule has 0 bridgehead atoms. The molecule has 0 spiro atoms. The summed E-state index contributed by atoms with van der Waals surface area (Å²) < 4.78 is 11.4. The van der Waals surface area contributed by atoms with E-state index >= 15 is 0 Å². The number of nitrogens with two attached hydrogens (primary N) is 1. The van der Waals surface area contributed by atoms with E-state index in [2.05, 4.69) is 0 Å². The van der Waals surface area contributed by atoms with Gasteiger partial charge in [0.2, 0.25) is 0 Å². The Morgan fingerprint density at radius 1 is 1.05 bits per heavy atom. The lowest BCUT2D eigenvalue weighted by Crippen LogP contribution is -2.09. The van der Waals surface area contributed by atoms with E-state index in [0.29, 0.717) is 17.9 Å². The van der Waals surface area contributed by atoms with Crippen LogP contribution in [0.2, 0.25) is 0 Å². The van der Waals surface area contributed by atoms with Crippen molar-refractivity contribution in [2.75, 3.05) is 13.7 Å². The number of rotatable bonds is 6. The molecule has 0 aromatic heterocycles. The van der Waals surface area contributed by atoms with E-state index < -0.39 is 0 Å². The SMILES string of the molecule is COc1cccc(Oc2ccccc2CCO)c1[C@H](C)N. The minimum absolute atomic E-state index is 0.0820. The Bertz CT molecular complexity index is 596. The maximum Gasteiger partial charge on any atom is 0.135 e. The maximum absolute atomic E-state index is 9.14. The van der Waals surface area contributed by atoms with E-state index in [9.17, 15) is 0 Å². The number of aliphatic hydroxyl groups excluding tert-OH is 1. The summed E-state index contributed by atoms with van der Waals surface area (Å²) in [5.74, 6) is 2.11. The molecule has 0 fully saturated rings. The van der Waals surface area contributed by atoms with E-state index in [1.807, 2.05) is 49.4 Å². The molecule has 4 nitrogen and oxygen atoms in total. The van der Waals surface area contributed by atoms with E-state index in [4.69, 9.17) is 20.3 Å². The highest BCUT2D eigenvalue weighted by Crippen LogP contribution is 2.36. The third-order valence-electron chi connectivity index (χ3n) is 3.28. The molecule has 0 aliphatic heterocycles. The highest BCUT2D eigenvalue weighted by atomic mass is 16.5. The van der Waals surface area contributed by atoms with Gasteiger partial charge in [-0.15, -0.1) is 0 Å². The van der Waals surface area contributed by atoms with Crippen molar-refractivity contribution in [3.8, 4) is 17.2 Å². The Kier molecular flexibility index (Phi) is 5.20. The summed E-state index contributed by atoms with van der Waals surface area (Å²) in [5, 5.41) is 9.14. The van der Waals surface area contributed by atoms with Gasteiger partial charge in [0, 0.05) is 12.6 Å². The summed E-state index contributed by atoms with van der Waals surface area (Å²) in [4.78, 5) is 0. The van der Waals surface area contributed by atoms with Crippen molar-refractivity contribution in [1.29, 1.82) is 0 Å². The smallest absolute Gasteiger partial charge is 0.135 e. The number of hydrogen-bond acceptors (Lipinski definition) is 4. The van der Waals surface area contributed by atoms with Crippen LogP contribution in [0, 0.1) is 0 Å². The van der Waals surface area contributed by atoms with Crippen LogP contribution in [0.3, 0.4) is 0 Å². The van der Waals surface area contributed by atoms with E-state index in [1.54, 1.807) is 7.11 Å². The number of aliphatic hydroxyl groups is 1. The molecule has 0 radical (unpaired) electrons. The molecule has 2 aromatic carbocycles. The van der Waals surface area contributed by atoms with E-state index in [-0.39, 0.29) is 12.6 Å². The first-order chi connectivity index (χ1) is 10.2. The monoisotopic (exact) mass is 287 g/mol. The second kappa shape index (κ2) is 7.11. The van der Waals surface area contributed by atoms with Crippen molar-refractivity contribution in [2.24, 2.45) is 5.73 Å². The van der Waals surface area contributed by atoms with Crippen molar-refractivity contribution in [3.05, 3.63) is 53.6 Å². The molecule has 2 aromatic rings. The van der Waals surface area contributed by atoms with Gasteiger partial charge in [0.15, 0.2) is 0 Å². The lowest BCUT2D eigenvalue weighted by atomic mass is 10.1. The molecule has 0 amide bonds. The van der Waals surface area contributed by atoms with Crippen LogP contribution in [0.15, 0.2) is 42.5 Å². The number of benzene rings is 2. The van der Waals surface area contributed by atoms with Gasteiger partial charge in [0.05, 0.1) is 12.7 Å². The van der Waals surface area contributed by atoms with Crippen LogP contribution in [-0.2, 0) is 6.42 Å². The Labute approximate surface area is 125 Å². The van der Waals surface area contributed by atoms with Crippen LogP contribution < -0.4 is 15.2 Å². The van der Waals surface area contributed by atoms with Gasteiger partial charge in [-0.2, -0.15) is 0 Å². The van der Waals surface area contributed by atoms with Gasteiger partial charge in [-0.3, -0.25) is 0 Å². The predicted molar refractivity (Wildman–Crippen MR) is 82.9 cm³/mol. The molecule has 2 rings (SSSR count). The van der Waals surface area contributed by atoms with Gasteiger partial charge in [0.1, 0.15) is 17.2 Å². The van der Waals surface area contributed by atoms with Crippen molar-refractivity contribution in [1.82, 2.24) is 0 Å². The molecule has 4 heteroatoms. The lowest BCUT2D eigenvalue weighted by molar-refractivity contribution is 0.297. The minimum Gasteiger partial charge on any atom is -0.496 e. The fourth-order valence-corrected chi connectivity index (χ4v) is 2.29. The second-order valence-electron chi connectivity index (χ2n) is 4.84. The molecule has 1 atom stereocenters. The Hall–Kier alpha value is -2.04. The van der Waals surface area contributed by atoms with Crippen molar-refractivity contribution in [2.45, 2.75) is 19.4 Å². The van der Waals surface area contributed by atoms with Crippen LogP contribution in [0.1, 0.15) is 24.1 Å². The van der Waals surface area contributed by atoms with Crippen molar-refractivity contribution < 1.29 is 14.6 Å². The summed E-state index contributed by atoms with van der Waals surface area (Å²) in [6.45, 7) is 1.98. The van der Waals surface area contributed by atoms with E-state index in [0.717, 1.165) is 16.9 Å². The molecule has 112 valence electrons. The van der Waals surface area contributed by atoms with Crippen LogP contribution >= 0.6 is 0 Å². The fraction of sp³-hybridized carbons (Fsp3) is 0.294. The minimum atomic E-state index is -0.207. The summed E-state index contributed by atoms with van der Waals surface area (Å²) in [7, 11) is 1.62. The lowest BCUT2D eigenvalue weighted by Gasteiger charge is -2.18. The van der Waals surface area contributed by atoms with E-state index in [1.165, 1.54) is 0 Å². The third-order valence-corrected chi connectivity index (χ3v) is 3.28. The molecule has 21 heavy (non-hydrogen) atoms. The van der Waals surface area contributed by atoms with Crippen molar-refractivity contribution >= 4 is 0 Å². The number of methoxy groups -OCH3 is 1. The fourth-order valence-electron chi connectivity index (χ4n) is 2.29. The number of hydrogen-bond donors (Lipinski definition) is 2. The Morgan fingerprint density at radius 2 is 1.71 bits per heavy atom. The summed E-state index contributed by atoms with van der Waals surface area (Å²) in [6, 6.07) is 13.1. The first-order valence-corrected chi connectivity index (χ1v) is 6.96. The average molecular weight is 287 g/mol. The third kappa shape index (κ3) is 3.54. The van der Waals surface area contributed by atoms with Crippen molar-refractivity contribution in [3.63, 3.8) is 0 Å². The van der Waals surface area contributed by atoms with Gasteiger partial charge < -0.3 is 20.3 Å². The maximum atomic E-state index is 9.14. The zero-order valence-electron chi connectivity index (χ0n) is 12.4. The highest BCUT2D eigenvalue weighted by molar-refractivity contribution is 5.49. The first kappa shape index (κ1) is 15.4. The Balaban J connectivity index is 2.40. The topological polar surface area (TPSA) is 64.7 Å². The molecular weight excluding hydrogens is 266 g/mol. The average Bonchev–Trinajstić information content (AvgIpc) is 2.49. The standard InChI is InChI=1S/C17H21NO3/c1-12(18)17-15(20-2)8-5-9-16(17)21-14-7-4-3-6-13(14)10-11-19/h3-9,12,19H,10-11,18H2,1-2H3/t12-/m0/s1. The first-order valence-electron chi connectivity index (χ1n) is 6.96. The van der Waals surface area contributed by atoms with Gasteiger partial charge in [0.25, 0.3) is 0 Å². The molecule has 0 aliphatic rings. The zero-order chi connectivity index (χ0) is 15.2. The van der Waals surface area contributed by atoms with Crippen LogP contribution in [0.5, 0.6) is 17.2 Å². The van der Waals surface area contributed by atoms with Gasteiger partial charge in [-0.25, -0.2) is 0 Å². The quantitative estimate of drug-likeness (QED) is 0.857. The van der Waals surface area contributed by atoms with Gasteiger partial charge in [-0.1, -0.05) is 24.3 Å². The number of ether oxygens (including phenoxy) is 2. The summed E-state index contributed by atoms with van der Waals surface area (Å²) >= 11 is 0. The molecule has 0 saturated heterocycles. The molecule has 0 unspecified atom stereocenters. The predicted octanol–water partition coefficient (Wildman–Crippen LogP) is 3.04. The molecule has 0 heterocycles. The summed E-state index contributed by atoms with van der Waals surface area (Å²) in [6.07, 6.45) is 0.549. The van der Waals surface area contributed by atoms with Crippen LogP contribution in [0.25, 0.3) is 0 Å². The van der Waals surface area contributed by atoms with Gasteiger partial charge in [-0.05, 0) is 37.1 Å². The molecular formula is C17H21NO3. The number of para-hydroxylation sites is 1. The Morgan fingerprint density at radius 3 is 2.38 bits per heavy atom. The molecule has 0 aliphatic carbocycles. The van der Waals surface area contributed by atoms with Crippen LogP contribution in [0.4, 0.5) is 0 Å².